The predicted octanol–water partition coefficient (Wildman–Crippen LogP) is 3.20. The summed E-state index contributed by atoms with van der Waals surface area (Å²) in [4.78, 5) is 0. The van der Waals surface area contributed by atoms with Gasteiger partial charge in [0.1, 0.15) is 0 Å². The van der Waals surface area contributed by atoms with Gasteiger partial charge in [-0.05, 0) is 24.6 Å². The van der Waals surface area contributed by atoms with Gasteiger partial charge in [0.05, 0.1) is 13.2 Å². The first kappa shape index (κ1) is 12.7. The maximum atomic E-state index is 5.62. The third-order valence-corrected chi connectivity index (χ3v) is 3.77. The third kappa shape index (κ3) is 4.32. The molecule has 0 aliphatic carbocycles. The summed E-state index contributed by atoms with van der Waals surface area (Å²) in [5.41, 5.74) is 0. The van der Waals surface area contributed by atoms with Crippen LogP contribution in [0.25, 0.3) is 0 Å². The van der Waals surface area contributed by atoms with Crippen LogP contribution in [-0.4, -0.2) is 27.1 Å². The molecule has 0 radical (unpaired) electrons. The maximum Gasteiger partial charge on any atom is 0.207 e. The van der Waals surface area contributed by atoms with Crippen LogP contribution in [0.3, 0.4) is 0 Å². The summed E-state index contributed by atoms with van der Waals surface area (Å²) in [6, 6.07) is 1.15. The van der Waals surface area contributed by atoms with E-state index in [2.05, 4.69) is 32.3 Å². The van der Waals surface area contributed by atoms with Gasteiger partial charge in [-0.3, -0.25) is 0 Å². The average molecular weight is 226 g/mol. The van der Waals surface area contributed by atoms with E-state index in [1.807, 2.05) is 6.08 Å². The minimum absolute atomic E-state index is 0.655. The molecule has 15 heavy (non-hydrogen) atoms. The van der Waals surface area contributed by atoms with E-state index in [4.69, 9.17) is 9.47 Å². The number of allylic oxidation sites excluding steroid dienone is 1. The maximum absolute atomic E-state index is 5.62. The molecule has 0 amide bonds. The Kier molecular flexibility index (Phi) is 4.31. The Labute approximate surface area is 94.0 Å². The Hall–Kier alpha value is -0.383. The van der Waals surface area contributed by atoms with Gasteiger partial charge in [0.15, 0.2) is 0 Å². The van der Waals surface area contributed by atoms with Gasteiger partial charge in [-0.15, -0.1) is 0 Å². The van der Waals surface area contributed by atoms with Crippen LogP contribution in [0.2, 0.25) is 25.7 Å². The summed E-state index contributed by atoms with van der Waals surface area (Å²) in [5.74, 6) is -0.655. The van der Waals surface area contributed by atoms with Crippen molar-refractivity contribution in [3.8, 4) is 0 Å². The van der Waals surface area contributed by atoms with Crippen molar-refractivity contribution >= 4 is 8.07 Å². The van der Waals surface area contributed by atoms with Crippen LogP contribution in [-0.2, 0) is 9.47 Å². The summed E-state index contributed by atoms with van der Waals surface area (Å²) in [6.45, 7) is 12.3. The van der Waals surface area contributed by atoms with Crippen molar-refractivity contribution in [3.63, 3.8) is 0 Å². The highest BCUT2D eigenvalue weighted by Gasteiger charge is 2.28. The molecule has 1 rings (SSSR count). The Morgan fingerprint density at radius 2 is 1.87 bits per heavy atom. The summed E-state index contributed by atoms with van der Waals surface area (Å²) in [6.07, 6.45) is 6.90. The molecule has 1 aliphatic rings. The predicted molar refractivity (Wildman–Crippen MR) is 66.7 cm³/mol. The number of rotatable bonds is 4. The SMILES string of the molecule is C=CC1(/C=C/C[Si](C)(C)C)OCCCO1. The molecule has 2 nitrogen and oxygen atoms in total. The van der Waals surface area contributed by atoms with Crippen molar-refractivity contribution in [2.45, 2.75) is 37.9 Å². The lowest BCUT2D eigenvalue weighted by Gasteiger charge is -2.32. The minimum Gasteiger partial charge on any atom is -0.343 e. The highest BCUT2D eigenvalue weighted by atomic mass is 28.3. The molecular formula is C12H22O2Si. The van der Waals surface area contributed by atoms with E-state index in [1.165, 1.54) is 0 Å². The zero-order chi connectivity index (χ0) is 11.4. The molecule has 86 valence electrons. The van der Waals surface area contributed by atoms with Crippen LogP contribution in [0, 0.1) is 0 Å². The Bertz CT molecular complexity index is 234. The van der Waals surface area contributed by atoms with Crippen molar-refractivity contribution < 1.29 is 9.47 Å². The van der Waals surface area contributed by atoms with Crippen LogP contribution < -0.4 is 0 Å². The second kappa shape index (κ2) is 5.10. The largest absolute Gasteiger partial charge is 0.343 e. The van der Waals surface area contributed by atoms with Gasteiger partial charge >= 0.3 is 0 Å². The van der Waals surface area contributed by atoms with Crippen molar-refractivity contribution in [3.05, 3.63) is 24.8 Å². The first-order valence-corrected chi connectivity index (χ1v) is 9.27. The van der Waals surface area contributed by atoms with E-state index in [1.54, 1.807) is 6.08 Å². The zero-order valence-electron chi connectivity index (χ0n) is 10.1. The van der Waals surface area contributed by atoms with E-state index >= 15 is 0 Å². The first-order valence-electron chi connectivity index (χ1n) is 5.57. The van der Waals surface area contributed by atoms with Crippen LogP contribution in [0.15, 0.2) is 24.8 Å². The van der Waals surface area contributed by atoms with Crippen molar-refractivity contribution in [2.75, 3.05) is 13.2 Å². The van der Waals surface area contributed by atoms with Crippen LogP contribution in [0.1, 0.15) is 6.42 Å². The molecule has 0 aromatic carbocycles. The molecule has 1 fully saturated rings. The second-order valence-electron chi connectivity index (χ2n) is 5.14. The molecule has 0 aromatic rings. The minimum atomic E-state index is -1.02. The molecule has 0 N–H and O–H groups in total. The fourth-order valence-electron chi connectivity index (χ4n) is 1.42. The lowest BCUT2D eigenvalue weighted by molar-refractivity contribution is -0.205. The van der Waals surface area contributed by atoms with E-state index < -0.39 is 13.9 Å². The molecule has 1 aliphatic heterocycles. The second-order valence-corrected chi connectivity index (χ2v) is 10.7. The highest BCUT2D eigenvalue weighted by molar-refractivity contribution is 6.76. The quantitative estimate of drug-likeness (QED) is 0.541. The molecule has 3 heteroatoms. The first-order chi connectivity index (χ1) is 6.97. The topological polar surface area (TPSA) is 18.5 Å². The molecule has 0 aromatic heterocycles. The zero-order valence-corrected chi connectivity index (χ0v) is 11.1. The van der Waals surface area contributed by atoms with E-state index in [-0.39, 0.29) is 0 Å². The summed E-state index contributed by atoms with van der Waals surface area (Å²) in [5, 5.41) is 0. The summed E-state index contributed by atoms with van der Waals surface area (Å²) < 4.78 is 11.2. The van der Waals surface area contributed by atoms with Crippen LogP contribution in [0.5, 0.6) is 0 Å². The smallest absolute Gasteiger partial charge is 0.207 e. The lowest BCUT2D eigenvalue weighted by atomic mass is 10.2. The fraction of sp³-hybridized carbons (Fsp3) is 0.667. The van der Waals surface area contributed by atoms with Crippen molar-refractivity contribution in [1.29, 1.82) is 0 Å². The molecule has 0 unspecified atom stereocenters. The number of hydrogen-bond acceptors (Lipinski definition) is 2. The van der Waals surface area contributed by atoms with Gasteiger partial charge in [0, 0.05) is 8.07 Å². The van der Waals surface area contributed by atoms with E-state index in [0.717, 1.165) is 25.7 Å². The molecular weight excluding hydrogens is 204 g/mol. The van der Waals surface area contributed by atoms with Crippen molar-refractivity contribution in [2.24, 2.45) is 0 Å². The molecule has 0 spiro atoms. The van der Waals surface area contributed by atoms with Crippen LogP contribution in [0.4, 0.5) is 0 Å². The third-order valence-electron chi connectivity index (χ3n) is 2.31. The van der Waals surface area contributed by atoms with Gasteiger partial charge in [-0.25, -0.2) is 0 Å². The van der Waals surface area contributed by atoms with Gasteiger partial charge in [0.25, 0.3) is 0 Å². The van der Waals surface area contributed by atoms with E-state index in [0.29, 0.717) is 0 Å². The standard InChI is InChI=1S/C12H22O2Si/c1-5-12(13-9-7-10-14-12)8-6-11-15(2,3)4/h5-6,8H,1,7,9-11H2,2-4H3/b8-6+. The Balaban J connectivity index is 2.55. The molecule has 1 heterocycles. The number of hydrogen-bond donors (Lipinski definition) is 0. The normalized spacial score (nSPS) is 21.8. The Morgan fingerprint density at radius 3 is 2.33 bits per heavy atom. The van der Waals surface area contributed by atoms with Gasteiger partial charge in [-0.2, -0.15) is 0 Å². The lowest BCUT2D eigenvalue weighted by Crippen LogP contribution is -2.36. The average Bonchev–Trinajstić information content (AvgIpc) is 2.17. The molecule has 0 saturated carbocycles. The molecule has 1 saturated heterocycles. The fourth-order valence-corrected chi connectivity index (χ4v) is 2.25. The van der Waals surface area contributed by atoms with Gasteiger partial charge < -0.3 is 9.47 Å². The van der Waals surface area contributed by atoms with E-state index in [9.17, 15) is 0 Å². The van der Waals surface area contributed by atoms with Gasteiger partial charge in [-0.1, -0.05) is 32.3 Å². The molecule has 0 bridgehead atoms. The summed E-state index contributed by atoms with van der Waals surface area (Å²) >= 11 is 0. The Morgan fingerprint density at radius 1 is 1.27 bits per heavy atom. The monoisotopic (exact) mass is 226 g/mol. The van der Waals surface area contributed by atoms with Crippen molar-refractivity contribution in [1.82, 2.24) is 0 Å². The highest BCUT2D eigenvalue weighted by Crippen LogP contribution is 2.22. The van der Waals surface area contributed by atoms with Gasteiger partial charge in [0.2, 0.25) is 5.79 Å². The number of ether oxygens (including phenoxy) is 2. The molecule has 0 atom stereocenters. The summed E-state index contributed by atoms with van der Waals surface area (Å²) in [7, 11) is -1.02. The van der Waals surface area contributed by atoms with Crippen LogP contribution >= 0.6 is 0 Å².